The molecule has 5 nitrogen and oxygen atoms in total. The van der Waals surface area contributed by atoms with Gasteiger partial charge in [0, 0.05) is 6.04 Å². The number of hydrogen-bond donors (Lipinski definition) is 2. The summed E-state index contributed by atoms with van der Waals surface area (Å²) >= 11 is 0. The smallest absolute Gasteiger partial charge is 0.328 e. The highest BCUT2D eigenvalue weighted by atomic mass is 16.5. The SMILES string of the molecule is CCOC(=O)C(C)NC(=O)C1CC2CCCCC2N1. The Bertz CT molecular complexity index is 332. The van der Waals surface area contributed by atoms with E-state index >= 15 is 0 Å². The van der Waals surface area contributed by atoms with Crippen LogP contribution in [0, 0.1) is 5.92 Å². The van der Waals surface area contributed by atoms with Gasteiger partial charge in [-0.1, -0.05) is 12.8 Å². The van der Waals surface area contributed by atoms with Gasteiger partial charge in [0.1, 0.15) is 6.04 Å². The maximum absolute atomic E-state index is 12.1. The first-order chi connectivity index (χ1) is 9.11. The summed E-state index contributed by atoms with van der Waals surface area (Å²) < 4.78 is 4.89. The van der Waals surface area contributed by atoms with Crippen LogP contribution >= 0.6 is 0 Å². The normalized spacial score (nSPS) is 31.4. The summed E-state index contributed by atoms with van der Waals surface area (Å²) in [4.78, 5) is 23.6. The molecular weight excluding hydrogens is 244 g/mol. The van der Waals surface area contributed by atoms with E-state index < -0.39 is 6.04 Å². The highest BCUT2D eigenvalue weighted by Crippen LogP contribution is 2.33. The van der Waals surface area contributed by atoms with Crippen LogP contribution in [-0.4, -0.2) is 36.6 Å². The van der Waals surface area contributed by atoms with Crippen LogP contribution < -0.4 is 10.6 Å². The van der Waals surface area contributed by atoms with Gasteiger partial charge < -0.3 is 15.4 Å². The molecule has 1 aliphatic heterocycles. The van der Waals surface area contributed by atoms with Crippen molar-refractivity contribution < 1.29 is 14.3 Å². The van der Waals surface area contributed by atoms with Crippen molar-refractivity contribution in [2.75, 3.05) is 6.61 Å². The van der Waals surface area contributed by atoms with Crippen molar-refractivity contribution in [3.05, 3.63) is 0 Å². The lowest BCUT2D eigenvalue weighted by Gasteiger charge is -2.24. The van der Waals surface area contributed by atoms with Crippen molar-refractivity contribution in [1.82, 2.24) is 10.6 Å². The van der Waals surface area contributed by atoms with Gasteiger partial charge in [-0.15, -0.1) is 0 Å². The van der Waals surface area contributed by atoms with Gasteiger partial charge >= 0.3 is 5.97 Å². The number of fused-ring (bicyclic) bond motifs is 1. The Morgan fingerprint density at radius 2 is 2.11 bits per heavy atom. The van der Waals surface area contributed by atoms with E-state index in [0.717, 1.165) is 6.42 Å². The van der Waals surface area contributed by atoms with E-state index in [9.17, 15) is 9.59 Å². The fourth-order valence-electron chi connectivity index (χ4n) is 3.16. The fraction of sp³-hybridized carbons (Fsp3) is 0.857. The predicted octanol–water partition coefficient (Wildman–Crippen LogP) is 0.975. The molecule has 0 radical (unpaired) electrons. The van der Waals surface area contributed by atoms with Gasteiger partial charge in [-0.2, -0.15) is 0 Å². The summed E-state index contributed by atoms with van der Waals surface area (Å²) in [5.74, 6) is 0.184. The molecule has 4 unspecified atom stereocenters. The molecule has 0 aromatic carbocycles. The Balaban J connectivity index is 1.82. The summed E-state index contributed by atoms with van der Waals surface area (Å²) in [5, 5.41) is 6.14. The van der Waals surface area contributed by atoms with Crippen LogP contribution in [0.1, 0.15) is 46.0 Å². The highest BCUT2D eigenvalue weighted by molar-refractivity contribution is 5.87. The molecule has 2 fully saturated rings. The number of ether oxygens (including phenoxy) is 1. The van der Waals surface area contributed by atoms with Gasteiger partial charge in [0.05, 0.1) is 12.6 Å². The summed E-state index contributed by atoms with van der Waals surface area (Å²) in [7, 11) is 0. The Kier molecular flexibility index (Phi) is 4.80. The molecule has 108 valence electrons. The summed E-state index contributed by atoms with van der Waals surface area (Å²) in [5.41, 5.74) is 0. The van der Waals surface area contributed by atoms with Crippen LogP contribution in [0.4, 0.5) is 0 Å². The summed E-state index contributed by atoms with van der Waals surface area (Å²) in [6, 6.07) is -0.232. The molecule has 1 saturated carbocycles. The third-order valence-corrected chi connectivity index (χ3v) is 4.18. The second kappa shape index (κ2) is 6.37. The monoisotopic (exact) mass is 268 g/mol. The molecule has 1 amide bonds. The zero-order chi connectivity index (χ0) is 13.8. The van der Waals surface area contributed by atoms with Gasteiger partial charge in [0.25, 0.3) is 0 Å². The molecular formula is C14H24N2O3. The topological polar surface area (TPSA) is 67.4 Å². The van der Waals surface area contributed by atoms with Gasteiger partial charge in [0.15, 0.2) is 0 Å². The molecule has 0 aromatic rings. The predicted molar refractivity (Wildman–Crippen MR) is 71.5 cm³/mol. The van der Waals surface area contributed by atoms with Crippen LogP contribution in [0.3, 0.4) is 0 Å². The molecule has 1 heterocycles. The van der Waals surface area contributed by atoms with Gasteiger partial charge in [-0.3, -0.25) is 4.79 Å². The first-order valence-corrected chi connectivity index (χ1v) is 7.35. The molecule has 1 saturated heterocycles. The van der Waals surface area contributed by atoms with Crippen LogP contribution in [0.2, 0.25) is 0 Å². The van der Waals surface area contributed by atoms with Crippen molar-refractivity contribution >= 4 is 11.9 Å². The zero-order valence-corrected chi connectivity index (χ0v) is 11.8. The first-order valence-electron chi connectivity index (χ1n) is 7.35. The van der Waals surface area contributed by atoms with Crippen molar-refractivity contribution in [2.24, 2.45) is 5.92 Å². The van der Waals surface area contributed by atoms with E-state index in [1.807, 2.05) is 0 Å². The van der Waals surface area contributed by atoms with Crippen LogP contribution in [0.25, 0.3) is 0 Å². The zero-order valence-electron chi connectivity index (χ0n) is 11.8. The van der Waals surface area contributed by atoms with E-state index in [1.165, 1.54) is 25.7 Å². The molecule has 0 aromatic heterocycles. The maximum Gasteiger partial charge on any atom is 0.328 e. The van der Waals surface area contributed by atoms with Crippen molar-refractivity contribution in [2.45, 2.75) is 64.1 Å². The number of nitrogens with one attached hydrogen (secondary N) is 2. The van der Waals surface area contributed by atoms with E-state index in [1.54, 1.807) is 13.8 Å². The Labute approximate surface area is 114 Å². The van der Waals surface area contributed by atoms with E-state index in [4.69, 9.17) is 4.74 Å². The number of hydrogen-bond acceptors (Lipinski definition) is 4. The highest BCUT2D eigenvalue weighted by Gasteiger charge is 2.38. The number of rotatable bonds is 4. The van der Waals surface area contributed by atoms with E-state index in [0.29, 0.717) is 18.6 Å². The number of carbonyl (C=O) groups is 2. The van der Waals surface area contributed by atoms with Gasteiger partial charge in [-0.25, -0.2) is 4.79 Å². The average Bonchev–Trinajstić information content (AvgIpc) is 2.82. The Morgan fingerprint density at radius 3 is 2.79 bits per heavy atom. The molecule has 4 atom stereocenters. The largest absolute Gasteiger partial charge is 0.464 e. The number of amides is 1. The molecule has 19 heavy (non-hydrogen) atoms. The summed E-state index contributed by atoms with van der Waals surface area (Å²) in [6.45, 7) is 3.76. The molecule has 2 aliphatic rings. The van der Waals surface area contributed by atoms with Gasteiger partial charge in [0.2, 0.25) is 5.91 Å². The van der Waals surface area contributed by atoms with Crippen LogP contribution in [0.5, 0.6) is 0 Å². The number of carbonyl (C=O) groups excluding carboxylic acids is 2. The number of esters is 1. The lowest BCUT2D eigenvalue weighted by atomic mass is 9.85. The second-order valence-electron chi connectivity index (χ2n) is 5.59. The minimum Gasteiger partial charge on any atom is -0.464 e. The first kappa shape index (κ1) is 14.3. The van der Waals surface area contributed by atoms with Crippen molar-refractivity contribution in [3.63, 3.8) is 0 Å². The lowest BCUT2D eigenvalue weighted by molar-refractivity contribution is -0.147. The summed E-state index contributed by atoms with van der Waals surface area (Å²) in [6.07, 6.45) is 5.81. The molecule has 1 aliphatic carbocycles. The third-order valence-electron chi connectivity index (χ3n) is 4.18. The van der Waals surface area contributed by atoms with Crippen molar-refractivity contribution in [3.8, 4) is 0 Å². The average molecular weight is 268 g/mol. The third kappa shape index (κ3) is 3.47. The van der Waals surface area contributed by atoms with Crippen LogP contribution in [-0.2, 0) is 14.3 Å². The standard InChI is InChI=1S/C14H24N2O3/c1-3-19-14(18)9(2)15-13(17)12-8-10-6-4-5-7-11(10)16-12/h9-12,16H,3-8H2,1-2H3,(H,15,17). The molecule has 0 bridgehead atoms. The fourth-order valence-corrected chi connectivity index (χ4v) is 3.16. The van der Waals surface area contributed by atoms with Crippen LogP contribution in [0.15, 0.2) is 0 Å². The van der Waals surface area contributed by atoms with E-state index in [2.05, 4.69) is 10.6 Å². The Hall–Kier alpha value is -1.10. The lowest BCUT2D eigenvalue weighted by Crippen LogP contribution is -2.48. The minimum atomic E-state index is -0.572. The second-order valence-corrected chi connectivity index (χ2v) is 5.59. The Morgan fingerprint density at radius 1 is 1.37 bits per heavy atom. The quantitative estimate of drug-likeness (QED) is 0.746. The maximum atomic E-state index is 12.1. The molecule has 5 heteroatoms. The minimum absolute atomic E-state index is 0.0741. The van der Waals surface area contributed by atoms with Gasteiger partial charge in [-0.05, 0) is 39.0 Å². The molecule has 0 spiro atoms. The molecule has 2 N–H and O–H groups in total. The molecule has 2 rings (SSSR count). The van der Waals surface area contributed by atoms with E-state index in [-0.39, 0.29) is 17.9 Å². The van der Waals surface area contributed by atoms with Crippen molar-refractivity contribution in [1.29, 1.82) is 0 Å².